The highest BCUT2D eigenvalue weighted by molar-refractivity contribution is 5.47. The lowest BCUT2D eigenvalue weighted by molar-refractivity contribution is 0.560. The van der Waals surface area contributed by atoms with Gasteiger partial charge >= 0.3 is 0 Å². The third-order valence-corrected chi connectivity index (χ3v) is 2.25. The fourth-order valence-electron chi connectivity index (χ4n) is 1.51. The highest BCUT2D eigenvalue weighted by atomic mass is 15.1. The van der Waals surface area contributed by atoms with Crippen LogP contribution in [0.25, 0.3) is 0 Å². The summed E-state index contributed by atoms with van der Waals surface area (Å²) in [6, 6.07) is 9.73. The summed E-state index contributed by atoms with van der Waals surface area (Å²) in [6.45, 7) is 0. The van der Waals surface area contributed by atoms with Gasteiger partial charge in [-0.25, -0.2) is 0 Å². The Morgan fingerprint density at radius 1 is 1.06 bits per heavy atom. The Morgan fingerprint density at radius 2 is 1.82 bits per heavy atom. The van der Waals surface area contributed by atoms with Crippen LogP contribution in [0.15, 0.2) is 76.3 Å². The molecule has 0 heterocycles. The minimum absolute atomic E-state index is 0.865. The monoisotopic (exact) mass is 225 g/mol. The summed E-state index contributed by atoms with van der Waals surface area (Å²) in [6.07, 6.45) is 8.00. The maximum Gasteiger partial charge on any atom is 0.0943 e. The topological polar surface area (TPSA) is 28.0 Å². The fraction of sp³-hybridized carbons (Fsp3) is 0.143. The summed E-state index contributed by atoms with van der Waals surface area (Å²) in [4.78, 5) is 2.00. The Hall–Kier alpha value is -2.16. The van der Waals surface area contributed by atoms with E-state index < -0.39 is 0 Å². The molecule has 0 atom stereocenters. The number of benzene rings is 1. The number of rotatable bonds is 3. The van der Waals surface area contributed by atoms with Crippen molar-refractivity contribution in [2.24, 2.45) is 10.2 Å². The molecule has 3 heteroatoms. The van der Waals surface area contributed by atoms with E-state index in [4.69, 9.17) is 0 Å². The molecular weight excluding hydrogens is 210 g/mol. The van der Waals surface area contributed by atoms with E-state index in [1.165, 1.54) is 0 Å². The van der Waals surface area contributed by atoms with Crippen LogP contribution in [0.5, 0.6) is 0 Å². The summed E-state index contributed by atoms with van der Waals surface area (Å²) in [5.41, 5.74) is 2.83. The molecule has 0 amide bonds. The Kier molecular flexibility index (Phi) is 3.50. The van der Waals surface area contributed by atoms with Crippen molar-refractivity contribution in [2.75, 3.05) is 14.1 Å². The molecule has 2 rings (SSSR count). The molecule has 1 aromatic carbocycles. The van der Waals surface area contributed by atoms with Gasteiger partial charge in [0.2, 0.25) is 0 Å². The summed E-state index contributed by atoms with van der Waals surface area (Å²) >= 11 is 0. The van der Waals surface area contributed by atoms with Crippen LogP contribution in [0.4, 0.5) is 5.69 Å². The second-order valence-electron chi connectivity index (χ2n) is 3.99. The number of azo groups is 1. The summed E-state index contributed by atoms with van der Waals surface area (Å²) in [5, 5.41) is 8.46. The molecule has 0 N–H and O–H groups in total. The van der Waals surface area contributed by atoms with Gasteiger partial charge in [-0.2, -0.15) is 5.11 Å². The third kappa shape index (κ3) is 3.14. The van der Waals surface area contributed by atoms with E-state index in [9.17, 15) is 0 Å². The second-order valence-corrected chi connectivity index (χ2v) is 3.99. The highest BCUT2D eigenvalue weighted by Gasteiger charge is 2.05. The minimum Gasteiger partial charge on any atom is -0.383 e. The first kappa shape index (κ1) is 11.3. The largest absolute Gasteiger partial charge is 0.383 e. The van der Waals surface area contributed by atoms with E-state index >= 15 is 0 Å². The zero-order valence-corrected chi connectivity index (χ0v) is 10.0. The Morgan fingerprint density at radius 3 is 2.53 bits per heavy atom. The number of allylic oxidation sites excluding steroid dienone is 3. The molecule has 0 unspecified atom stereocenters. The standard InChI is InChI=1S/C14H15N3/c1-17(2)11-12-7-6-10-14(12)16-15-13-8-4-3-5-9-13/h3-11H,1-2H3/b12-11+,16-15?. The molecule has 0 fully saturated rings. The molecule has 0 spiro atoms. The molecule has 0 saturated carbocycles. The lowest BCUT2D eigenvalue weighted by atomic mass is 10.2. The smallest absolute Gasteiger partial charge is 0.0943 e. The van der Waals surface area contributed by atoms with E-state index in [2.05, 4.69) is 10.2 Å². The van der Waals surface area contributed by atoms with Crippen LogP contribution in [0.2, 0.25) is 0 Å². The van der Waals surface area contributed by atoms with Gasteiger partial charge in [-0.05, 0) is 18.2 Å². The maximum absolute atomic E-state index is 4.26. The molecule has 1 aliphatic carbocycles. The van der Waals surface area contributed by atoms with Crippen molar-refractivity contribution in [2.45, 2.75) is 0 Å². The number of nitrogens with zero attached hydrogens (tertiary/aromatic N) is 3. The quantitative estimate of drug-likeness (QED) is 0.721. The van der Waals surface area contributed by atoms with Crippen molar-refractivity contribution >= 4 is 5.69 Å². The molecule has 17 heavy (non-hydrogen) atoms. The van der Waals surface area contributed by atoms with Crippen molar-refractivity contribution in [1.82, 2.24) is 4.90 Å². The van der Waals surface area contributed by atoms with Gasteiger partial charge in [-0.3, -0.25) is 0 Å². The predicted octanol–water partition coefficient (Wildman–Crippen LogP) is 3.67. The lowest BCUT2D eigenvalue weighted by Crippen LogP contribution is -2.02. The predicted molar refractivity (Wildman–Crippen MR) is 70.0 cm³/mol. The summed E-state index contributed by atoms with van der Waals surface area (Å²) in [7, 11) is 3.98. The first-order valence-corrected chi connectivity index (χ1v) is 5.49. The van der Waals surface area contributed by atoms with Gasteiger partial charge in [0, 0.05) is 25.9 Å². The van der Waals surface area contributed by atoms with Gasteiger partial charge in [0.1, 0.15) is 0 Å². The first-order valence-electron chi connectivity index (χ1n) is 5.49. The van der Waals surface area contributed by atoms with E-state index in [-0.39, 0.29) is 0 Å². The van der Waals surface area contributed by atoms with Crippen molar-refractivity contribution in [3.63, 3.8) is 0 Å². The zero-order chi connectivity index (χ0) is 12.1. The van der Waals surface area contributed by atoms with Crippen LogP contribution in [-0.4, -0.2) is 19.0 Å². The SMILES string of the molecule is CN(C)/C=C1\C=CC=C1N=Nc1ccccc1. The van der Waals surface area contributed by atoms with Gasteiger partial charge < -0.3 is 4.90 Å². The van der Waals surface area contributed by atoms with E-state index in [1.807, 2.05) is 73.8 Å². The summed E-state index contributed by atoms with van der Waals surface area (Å²) in [5.74, 6) is 0. The van der Waals surface area contributed by atoms with Gasteiger partial charge in [0.05, 0.1) is 11.4 Å². The van der Waals surface area contributed by atoms with Crippen LogP contribution < -0.4 is 0 Å². The van der Waals surface area contributed by atoms with Crippen molar-refractivity contribution in [3.05, 3.63) is 66.0 Å². The Labute approximate surface area is 101 Å². The van der Waals surface area contributed by atoms with Crippen LogP contribution in [-0.2, 0) is 0 Å². The molecule has 0 aliphatic heterocycles. The molecule has 0 bridgehead atoms. The third-order valence-electron chi connectivity index (χ3n) is 2.25. The first-order chi connectivity index (χ1) is 8.25. The lowest BCUT2D eigenvalue weighted by Gasteiger charge is -2.06. The van der Waals surface area contributed by atoms with E-state index in [0.29, 0.717) is 0 Å². The van der Waals surface area contributed by atoms with E-state index in [1.54, 1.807) is 0 Å². The van der Waals surface area contributed by atoms with Crippen LogP contribution in [0, 0.1) is 0 Å². The molecule has 1 aliphatic rings. The van der Waals surface area contributed by atoms with Crippen molar-refractivity contribution in [3.8, 4) is 0 Å². The second kappa shape index (κ2) is 5.25. The van der Waals surface area contributed by atoms with Crippen LogP contribution in [0.1, 0.15) is 0 Å². The molecule has 0 aromatic heterocycles. The van der Waals surface area contributed by atoms with Gasteiger partial charge in [-0.15, -0.1) is 5.11 Å². The number of hydrogen-bond acceptors (Lipinski definition) is 3. The van der Waals surface area contributed by atoms with Crippen molar-refractivity contribution < 1.29 is 0 Å². The van der Waals surface area contributed by atoms with Crippen molar-refractivity contribution in [1.29, 1.82) is 0 Å². The molecule has 0 saturated heterocycles. The van der Waals surface area contributed by atoms with E-state index in [0.717, 1.165) is 17.0 Å². The van der Waals surface area contributed by atoms with Gasteiger partial charge in [0.15, 0.2) is 0 Å². The average molecular weight is 225 g/mol. The minimum atomic E-state index is 0.865. The molecule has 0 radical (unpaired) electrons. The average Bonchev–Trinajstić information content (AvgIpc) is 2.74. The van der Waals surface area contributed by atoms with Gasteiger partial charge in [-0.1, -0.05) is 30.4 Å². The zero-order valence-electron chi connectivity index (χ0n) is 10.0. The Balaban J connectivity index is 2.13. The molecule has 86 valence electrons. The molecular formula is C14H15N3. The maximum atomic E-state index is 4.26. The van der Waals surface area contributed by atoms with Gasteiger partial charge in [0.25, 0.3) is 0 Å². The molecule has 1 aromatic rings. The fourth-order valence-corrected chi connectivity index (χ4v) is 1.51. The summed E-state index contributed by atoms with van der Waals surface area (Å²) < 4.78 is 0. The van der Waals surface area contributed by atoms with Crippen LogP contribution in [0.3, 0.4) is 0 Å². The number of hydrogen-bond donors (Lipinski definition) is 0. The highest BCUT2D eigenvalue weighted by Crippen LogP contribution is 2.22. The molecule has 3 nitrogen and oxygen atoms in total. The van der Waals surface area contributed by atoms with Crippen LogP contribution >= 0.6 is 0 Å². The Bertz CT molecular complexity index is 493. The normalized spacial score (nSPS) is 16.8.